The summed E-state index contributed by atoms with van der Waals surface area (Å²) in [6, 6.07) is 0. The molecule has 1 unspecified atom stereocenters. The number of ether oxygens (including phenoxy) is 1. The smallest absolute Gasteiger partial charge is 0.153 e. The summed E-state index contributed by atoms with van der Waals surface area (Å²) < 4.78 is 4.91. The summed E-state index contributed by atoms with van der Waals surface area (Å²) in [7, 11) is 0. The van der Waals surface area contributed by atoms with Gasteiger partial charge >= 0.3 is 0 Å². The predicted molar refractivity (Wildman–Crippen MR) is 43.2 cm³/mol. The van der Waals surface area contributed by atoms with E-state index in [2.05, 4.69) is 0 Å². The van der Waals surface area contributed by atoms with E-state index in [1.807, 2.05) is 0 Å². The number of hydrogen-bond acceptors (Lipinski definition) is 3. The summed E-state index contributed by atoms with van der Waals surface area (Å²) in [4.78, 5) is 0. The molecule has 0 spiro atoms. The highest BCUT2D eigenvalue weighted by Gasteiger charge is 2.23. The van der Waals surface area contributed by atoms with Gasteiger partial charge in [-0.3, -0.25) is 0 Å². The van der Waals surface area contributed by atoms with E-state index in [1.165, 1.54) is 12.3 Å². The lowest BCUT2D eigenvalue weighted by molar-refractivity contribution is 0.296. The maximum atomic E-state index is 9.40. The van der Waals surface area contributed by atoms with Gasteiger partial charge < -0.3 is 14.9 Å². The van der Waals surface area contributed by atoms with Gasteiger partial charge in [0.2, 0.25) is 0 Å². The van der Waals surface area contributed by atoms with E-state index in [0.717, 1.165) is 5.57 Å². The molecule has 0 fully saturated rings. The second-order valence-corrected chi connectivity index (χ2v) is 2.66. The second kappa shape index (κ2) is 2.44. The molecule has 1 aliphatic heterocycles. The van der Waals surface area contributed by atoms with E-state index < -0.39 is 0 Å². The minimum Gasteiger partial charge on any atom is -0.507 e. The molecule has 1 aliphatic carbocycles. The molecule has 0 radical (unpaired) electrons. The summed E-state index contributed by atoms with van der Waals surface area (Å²) >= 11 is 0. The molecule has 0 bridgehead atoms. The number of aliphatic hydroxyl groups excluding tert-OH is 2. The summed E-state index contributed by atoms with van der Waals surface area (Å²) in [5.41, 5.74) is 0.841. The molecule has 12 heavy (non-hydrogen) atoms. The van der Waals surface area contributed by atoms with Crippen molar-refractivity contribution in [3.63, 3.8) is 0 Å². The highest BCUT2D eigenvalue weighted by molar-refractivity contribution is 5.41. The van der Waals surface area contributed by atoms with Gasteiger partial charge in [0.1, 0.15) is 5.76 Å². The van der Waals surface area contributed by atoms with Gasteiger partial charge in [-0.25, -0.2) is 0 Å². The third-order valence-electron chi connectivity index (χ3n) is 1.90. The molecule has 2 N–H and O–H groups in total. The Morgan fingerprint density at radius 1 is 1.25 bits per heavy atom. The van der Waals surface area contributed by atoms with Crippen LogP contribution in [0.4, 0.5) is 0 Å². The zero-order valence-corrected chi connectivity index (χ0v) is 6.27. The number of hydrogen-bond donors (Lipinski definition) is 2. The van der Waals surface area contributed by atoms with Crippen LogP contribution >= 0.6 is 0 Å². The summed E-state index contributed by atoms with van der Waals surface area (Å²) in [6.45, 7) is 0. The van der Waals surface area contributed by atoms with Gasteiger partial charge in [0.05, 0.1) is 18.4 Å². The lowest BCUT2D eigenvalue weighted by Gasteiger charge is -2.20. The van der Waals surface area contributed by atoms with Gasteiger partial charge in [-0.1, -0.05) is 6.08 Å². The third kappa shape index (κ3) is 0.906. The summed E-state index contributed by atoms with van der Waals surface area (Å²) in [5, 5.41) is 18.6. The van der Waals surface area contributed by atoms with Crippen LogP contribution in [0, 0.1) is 5.92 Å². The fourth-order valence-corrected chi connectivity index (χ4v) is 1.24. The Balaban J connectivity index is 2.42. The number of fused-ring (bicyclic) bond motifs is 1. The van der Waals surface area contributed by atoms with Crippen molar-refractivity contribution in [3.8, 4) is 0 Å². The molecule has 0 saturated carbocycles. The molecule has 1 atom stereocenters. The number of rotatable bonds is 0. The molecule has 0 aromatic carbocycles. The molecule has 0 aromatic rings. The van der Waals surface area contributed by atoms with Gasteiger partial charge in [0.15, 0.2) is 5.76 Å². The molecule has 1 heterocycles. The van der Waals surface area contributed by atoms with E-state index in [-0.39, 0.29) is 17.4 Å². The topological polar surface area (TPSA) is 49.7 Å². The largest absolute Gasteiger partial charge is 0.507 e. The van der Waals surface area contributed by atoms with Crippen LogP contribution in [0.2, 0.25) is 0 Å². The normalized spacial score (nSPS) is 26.3. The molecule has 0 aromatic heterocycles. The average Bonchev–Trinajstić information content (AvgIpc) is 2.12. The Morgan fingerprint density at radius 2 is 2.08 bits per heavy atom. The molecule has 62 valence electrons. The monoisotopic (exact) mass is 164 g/mol. The Kier molecular flexibility index (Phi) is 1.43. The first-order valence-electron chi connectivity index (χ1n) is 3.61. The second-order valence-electron chi connectivity index (χ2n) is 2.66. The molecule has 0 amide bonds. The van der Waals surface area contributed by atoms with Gasteiger partial charge in [-0.05, 0) is 12.2 Å². The minimum absolute atomic E-state index is 0.0247. The third-order valence-corrected chi connectivity index (χ3v) is 1.90. The van der Waals surface area contributed by atoms with Gasteiger partial charge in [0, 0.05) is 5.57 Å². The van der Waals surface area contributed by atoms with E-state index in [1.54, 1.807) is 18.4 Å². The maximum Gasteiger partial charge on any atom is 0.153 e. The average molecular weight is 164 g/mol. The Bertz CT molecular complexity index is 321. The van der Waals surface area contributed by atoms with Crippen molar-refractivity contribution in [2.45, 2.75) is 0 Å². The van der Waals surface area contributed by atoms with E-state index >= 15 is 0 Å². The molecule has 3 heteroatoms. The highest BCUT2D eigenvalue weighted by Crippen LogP contribution is 2.30. The van der Waals surface area contributed by atoms with E-state index in [4.69, 9.17) is 9.84 Å². The van der Waals surface area contributed by atoms with Crippen molar-refractivity contribution >= 4 is 0 Å². The van der Waals surface area contributed by atoms with Gasteiger partial charge in [-0.2, -0.15) is 0 Å². The molecule has 2 aliphatic rings. The van der Waals surface area contributed by atoms with Crippen LogP contribution in [0.1, 0.15) is 0 Å². The Morgan fingerprint density at radius 3 is 2.92 bits per heavy atom. The van der Waals surface area contributed by atoms with Crippen LogP contribution in [0.25, 0.3) is 0 Å². The fourth-order valence-electron chi connectivity index (χ4n) is 1.24. The van der Waals surface area contributed by atoms with E-state index in [0.29, 0.717) is 0 Å². The molecular weight excluding hydrogens is 156 g/mol. The Hall–Kier alpha value is -1.64. The van der Waals surface area contributed by atoms with Crippen LogP contribution in [-0.2, 0) is 4.74 Å². The van der Waals surface area contributed by atoms with Crippen LogP contribution in [0.3, 0.4) is 0 Å². The predicted octanol–water partition coefficient (Wildman–Crippen LogP) is 1.93. The maximum absolute atomic E-state index is 9.40. The van der Waals surface area contributed by atoms with Crippen molar-refractivity contribution in [1.82, 2.24) is 0 Å². The Labute approximate surface area is 69.6 Å². The summed E-state index contributed by atoms with van der Waals surface area (Å²) in [6.07, 6.45) is 7.87. The zero-order chi connectivity index (χ0) is 8.55. The quantitative estimate of drug-likeness (QED) is 0.575. The van der Waals surface area contributed by atoms with Crippen molar-refractivity contribution in [3.05, 3.63) is 47.8 Å². The van der Waals surface area contributed by atoms with Gasteiger partial charge in [-0.15, -0.1) is 0 Å². The van der Waals surface area contributed by atoms with Gasteiger partial charge in [0.25, 0.3) is 0 Å². The fraction of sp³-hybridized carbons (Fsp3) is 0.111. The lowest BCUT2D eigenvalue weighted by atomic mass is 9.92. The molecule has 2 rings (SSSR count). The highest BCUT2D eigenvalue weighted by atomic mass is 16.5. The van der Waals surface area contributed by atoms with Crippen LogP contribution in [-0.4, -0.2) is 10.2 Å². The molecule has 3 nitrogen and oxygen atoms in total. The molecule has 0 saturated heterocycles. The number of allylic oxidation sites excluding steroid dienone is 3. The molecular formula is C9H8O3. The lowest BCUT2D eigenvalue weighted by Crippen LogP contribution is -2.11. The minimum atomic E-state index is -0.247. The zero-order valence-electron chi connectivity index (χ0n) is 6.27. The van der Waals surface area contributed by atoms with Crippen molar-refractivity contribution in [1.29, 1.82) is 0 Å². The first kappa shape index (κ1) is 7.03. The van der Waals surface area contributed by atoms with E-state index in [9.17, 15) is 5.11 Å². The first-order chi connectivity index (χ1) is 5.79. The van der Waals surface area contributed by atoms with Crippen molar-refractivity contribution in [2.24, 2.45) is 5.92 Å². The first-order valence-corrected chi connectivity index (χ1v) is 3.61. The van der Waals surface area contributed by atoms with Crippen LogP contribution in [0.5, 0.6) is 0 Å². The van der Waals surface area contributed by atoms with Crippen LogP contribution < -0.4 is 0 Å². The van der Waals surface area contributed by atoms with Crippen molar-refractivity contribution in [2.75, 3.05) is 0 Å². The SMILES string of the molecule is OC1=C(O)C2C=COC=C2C=C1. The summed E-state index contributed by atoms with van der Waals surface area (Å²) in [5.74, 6) is -0.351. The van der Waals surface area contributed by atoms with Crippen molar-refractivity contribution < 1.29 is 14.9 Å². The standard InChI is InChI=1S/C9H8O3/c10-8-2-1-6-5-12-4-3-7(6)9(8)11/h1-5,7,10-11H. The number of aliphatic hydroxyl groups is 2. The van der Waals surface area contributed by atoms with Crippen LogP contribution in [0.15, 0.2) is 47.8 Å².